The van der Waals surface area contributed by atoms with E-state index in [-0.39, 0.29) is 11.1 Å². The molecular formula is C15H19Cl2N3O. The molecule has 1 aromatic rings. The van der Waals surface area contributed by atoms with Gasteiger partial charge in [-0.1, -0.05) is 36.0 Å². The second-order valence-corrected chi connectivity index (χ2v) is 6.48. The zero-order chi connectivity index (χ0) is 14.8. The molecule has 1 aromatic heterocycles. The summed E-state index contributed by atoms with van der Waals surface area (Å²) in [4.78, 5) is 20.8. The predicted molar refractivity (Wildman–Crippen MR) is 84.0 cm³/mol. The lowest BCUT2D eigenvalue weighted by Gasteiger charge is -2.38. The number of hydrogen-bond donors (Lipinski definition) is 0. The van der Waals surface area contributed by atoms with E-state index in [2.05, 4.69) is 9.88 Å². The number of piperazine rings is 1. The van der Waals surface area contributed by atoms with Crippen molar-refractivity contribution in [2.75, 3.05) is 26.2 Å². The molecule has 0 bridgehead atoms. The minimum Gasteiger partial charge on any atom is -0.336 e. The Morgan fingerprint density at radius 2 is 1.76 bits per heavy atom. The number of halogens is 2. The smallest absolute Gasteiger partial charge is 0.257 e. The van der Waals surface area contributed by atoms with E-state index < -0.39 is 0 Å². The Bertz CT molecular complexity index is 524. The van der Waals surface area contributed by atoms with Crippen molar-refractivity contribution in [1.82, 2.24) is 14.8 Å². The van der Waals surface area contributed by atoms with E-state index in [9.17, 15) is 4.79 Å². The van der Waals surface area contributed by atoms with Crippen LogP contribution < -0.4 is 0 Å². The van der Waals surface area contributed by atoms with E-state index in [1.165, 1.54) is 25.7 Å². The van der Waals surface area contributed by atoms with Crippen molar-refractivity contribution in [2.24, 2.45) is 0 Å². The molecule has 2 aliphatic rings. The van der Waals surface area contributed by atoms with E-state index in [0.717, 1.165) is 32.2 Å². The molecule has 3 rings (SSSR count). The van der Waals surface area contributed by atoms with Crippen molar-refractivity contribution in [3.8, 4) is 0 Å². The number of aromatic nitrogens is 1. The van der Waals surface area contributed by atoms with Gasteiger partial charge in [0.1, 0.15) is 10.3 Å². The molecule has 1 saturated heterocycles. The summed E-state index contributed by atoms with van der Waals surface area (Å²) >= 11 is 11.8. The van der Waals surface area contributed by atoms with Crippen LogP contribution in [0.2, 0.25) is 10.3 Å². The number of nitrogens with zero attached hydrogens (tertiary/aromatic N) is 3. The first-order chi connectivity index (χ1) is 10.1. The second-order valence-electron chi connectivity index (χ2n) is 5.74. The van der Waals surface area contributed by atoms with Crippen molar-refractivity contribution in [3.63, 3.8) is 0 Å². The van der Waals surface area contributed by atoms with E-state index in [4.69, 9.17) is 23.2 Å². The first kappa shape index (κ1) is 15.1. The molecule has 0 spiro atoms. The molecule has 0 N–H and O–H groups in total. The SMILES string of the molecule is O=C(c1ccc(Cl)nc1Cl)N1CCN(C2CCCC2)CC1. The summed E-state index contributed by atoms with van der Waals surface area (Å²) in [5, 5.41) is 0.494. The van der Waals surface area contributed by atoms with Crippen LogP contribution in [0.25, 0.3) is 0 Å². The molecule has 4 nitrogen and oxygen atoms in total. The van der Waals surface area contributed by atoms with E-state index >= 15 is 0 Å². The minimum absolute atomic E-state index is 0.0461. The number of hydrogen-bond acceptors (Lipinski definition) is 3. The average molecular weight is 328 g/mol. The highest BCUT2D eigenvalue weighted by atomic mass is 35.5. The van der Waals surface area contributed by atoms with Gasteiger partial charge in [0, 0.05) is 32.2 Å². The maximum atomic E-state index is 12.5. The minimum atomic E-state index is -0.0461. The molecule has 1 aliphatic heterocycles. The Labute approximate surface area is 135 Å². The maximum Gasteiger partial charge on any atom is 0.257 e. The molecule has 2 heterocycles. The summed E-state index contributed by atoms with van der Waals surface area (Å²) in [5.74, 6) is -0.0461. The third-order valence-corrected chi connectivity index (χ3v) is 4.99. The number of pyridine rings is 1. The highest BCUT2D eigenvalue weighted by Gasteiger charge is 2.28. The van der Waals surface area contributed by atoms with E-state index in [1.807, 2.05) is 4.90 Å². The highest BCUT2D eigenvalue weighted by Crippen LogP contribution is 2.25. The van der Waals surface area contributed by atoms with Gasteiger partial charge in [0.2, 0.25) is 0 Å². The summed E-state index contributed by atoms with van der Waals surface area (Å²) in [5.41, 5.74) is 0.440. The van der Waals surface area contributed by atoms with Gasteiger partial charge in [-0.05, 0) is 25.0 Å². The second kappa shape index (κ2) is 6.51. The first-order valence-electron chi connectivity index (χ1n) is 7.50. The molecule has 1 aliphatic carbocycles. The molecule has 0 unspecified atom stereocenters. The monoisotopic (exact) mass is 327 g/mol. The molecule has 0 radical (unpaired) electrons. The van der Waals surface area contributed by atoms with Gasteiger partial charge < -0.3 is 4.90 Å². The maximum absolute atomic E-state index is 12.5. The van der Waals surface area contributed by atoms with Crippen molar-refractivity contribution < 1.29 is 4.79 Å². The number of amides is 1. The van der Waals surface area contributed by atoms with Crippen LogP contribution in [0.1, 0.15) is 36.0 Å². The normalized spacial score (nSPS) is 21.0. The van der Waals surface area contributed by atoms with Crippen LogP contribution in [0.4, 0.5) is 0 Å². The van der Waals surface area contributed by atoms with Gasteiger partial charge >= 0.3 is 0 Å². The van der Waals surface area contributed by atoms with Gasteiger partial charge in [-0.25, -0.2) is 4.98 Å². The molecule has 2 fully saturated rings. The standard InChI is InChI=1S/C15H19Cl2N3O/c16-13-6-5-12(14(17)18-13)15(21)20-9-7-19(8-10-20)11-3-1-2-4-11/h5-6,11H,1-4,7-10H2. The fourth-order valence-electron chi connectivity index (χ4n) is 3.30. The molecule has 6 heteroatoms. The summed E-state index contributed by atoms with van der Waals surface area (Å²) in [6, 6.07) is 3.99. The largest absolute Gasteiger partial charge is 0.336 e. The van der Waals surface area contributed by atoms with Crippen molar-refractivity contribution in [2.45, 2.75) is 31.7 Å². The van der Waals surface area contributed by atoms with Crippen LogP contribution in [0.15, 0.2) is 12.1 Å². The van der Waals surface area contributed by atoms with Crippen LogP contribution >= 0.6 is 23.2 Å². The third kappa shape index (κ3) is 3.33. The Hall–Kier alpha value is -0.840. The van der Waals surface area contributed by atoms with Crippen LogP contribution in [0, 0.1) is 0 Å². The predicted octanol–water partition coefficient (Wildman–Crippen LogP) is 3.09. The molecule has 1 saturated carbocycles. The quantitative estimate of drug-likeness (QED) is 0.783. The number of carbonyl (C=O) groups is 1. The summed E-state index contributed by atoms with van der Waals surface area (Å²) in [7, 11) is 0. The molecule has 0 aromatic carbocycles. The van der Waals surface area contributed by atoms with E-state index in [1.54, 1.807) is 12.1 Å². The summed E-state index contributed by atoms with van der Waals surface area (Å²) < 4.78 is 0. The fourth-order valence-corrected chi connectivity index (χ4v) is 3.73. The number of rotatable bonds is 2. The lowest BCUT2D eigenvalue weighted by Crippen LogP contribution is -2.51. The Morgan fingerprint density at radius 3 is 2.38 bits per heavy atom. The summed E-state index contributed by atoms with van der Waals surface area (Å²) in [6.07, 6.45) is 5.30. The zero-order valence-corrected chi connectivity index (χ0v) is 13.4. The van der Waals surface area contributed by atoms with Crippen molar-refractivity contribution in [3.05, 3.63) is 28.0 Å². The average Bonchev–Trinajstić information content (AvgIpc) is 3.01. The van der Waals surface area contributed by atoms with Gasteiger partial charge in [0.15, 0.2) is 0 Å². The molecule has 114 valence electrons. The van der Waals surface area contributed by atoms with Crippen LogP contribution in [0.3, 0.4) is 0 Å². The third-order valence-electron chi connectivity index (χ3n) is 4.49. The molecular weight excluding hydrogens is 309 g/mol. The van der Waals surface area contributed by atoms with Crippen LogP contribution in [0.5, 0.6) is 0 Å². The Morgan fingerprint density at radius 1 is 1.10 bits per heavy atom. The van der Waals surface area contributed by atoms with Gasteiger partial charge in [0.25, 0.3) is 5.91 Å². The van der Waals surface area contributed by atoms with Crippen LogP contribution in [-0.2, 0) is 0 Å². The molecule has 0 atom stereocenters. The lowest BCUT2D eigenvalue weighted by molar-refractivity contribution is 0.0573. The van der Waals surface area contributed by atoms with Gasteiger partial charge in [-0.15, -0.1) is 0 Å². The van der Waals surface area contributed by atoms with Gasteiger partial charge in [-0.2, -0.15) is 0 Å². The zero-order valence-electron chi connectivity index (χ0n) is 11.9. The van der Waals surface area contributed by atoms with Crippen molar-refractivity contribution >= 4 is 29.1 Å². The van der Waals surface area contributed by atoms with E-state index in [0.29, 0.717) is 10.7 Å². The lowest BCUT2D eigenvalue weighted by atomic mass is 10.1. The summed E-state index contributed by atoms with van der Waals surface area (Å²) in [6.45, 7) is 3.42. The van der Waals surface area contributed by atoms with Gasteiger partial charge in [0.05, 0.1) is 5.56 Å². The first-order valence-corrected chi connectivity index (χ1v) is 8.26. The number of carbonyl (C=O) groups excluding carboxylic acids is 1. The fraction of sp³-hybridized carbons (Fsp3) is 0.600. The Balaban J connectivity index is 1.62. The van der Waals surface area contributed by atoms with Crippen LogP contribution in [-0.4, -0.2) is 52.9 Å². The molecule has 21 heavy (non-hydrogen) atoms. The molecule has 1 amide bonds. The van der Waals surface area contributed by atoms with Crippen molar-refractivity contribution in [1.29, 1.82) is 0 Å². The van der Waals surface area contributed by atoms with Gasteiger partial charge in [-0.3, -0.25) is 9.69 Å². The Kier molecular flexibility index (Phi) is 4.67. The topological polar surface area (TPSA) is 36.4 Å². The highest BCUT2D eigenvalue weighted by molar-refractivity contribution is 6.34.